The molecule has 0 bridgehead atoms. The smallest absolute Gasteiger partial charge is 0.332 e. The Balaban J connectivity index is 1.67. The topological polar surface area (TPSA) is 74.3 Å². The minimum Gasteiger partial charge on any atom is -0.497 e. The number of aromatic nitrogens is 4. The van der Waals surface area contributed by atoms with E-state index in [0.29, 0.717) is 23.7 Å². The summed E-state index contributed by atoms with van der Waals surface area (Å²) >= 11 is 0. The molecule has 1 aliphatic rings. The molecule has 8 nitrogen and oxygen atoms in total. The highest BCUT2D eigenvalue weighted by atomic mass is 16.5. The Morgan fingerprint density at radius 3 is 2.56 bits per heavy atom. The number of hydrogen-bond acceptors (Lipinski definition) is 5. The lowest BCUT2D eigenvalue weighted by Crippen LogP contribution is -2.40. The van der Waals surface area contributed by atoms with E-state index < -0.39 is 0 Å². The van der Waals surface area contributed by atoms with Crippen LogP contribution in [0.3, 0.4) is 0 Å². The molecule has 3 heterocycles. The van der Waals surface area contributed by atoms with Gasteiger partial charge in [0.15, 0.2) is 11.2 Å². The quantitative estimate of drug-likeness (QED) is 0.497. The molecular formula is C24H25N5O3. The molecule has 32 heavy (non-hydrogen) atoms. The van der Waals surface area contributed by atoms with Crippen LogP contribution in [0, 0.1) is 6.92 Å². The summed E-state index contributed by atoms with van der Waals surface area (Å²) in [5, 5.41) is 0. The molecule has 0 saturated heterocycles. The van der Waals surface area contributed by atoms with Crippen molar-refractivity contribution < 1.29 is 4.74 Å². The summed E-state index contributed by atoms with van der Waals surface area (Å²) in [6.45, 7) is 3.68. The molecule has 0 amide bonds. The summed E-state index contributed by atoms with van der Waals surface area (Å²) in [6, 6.07) is 15.6. The number of ether oxygens (including phenoxy) is 1. The van der Waals surface area contributed by atoms with E-state index in [1.54, 1.807) is 14.2 Å². The Bertz CT molecular complexity index is 1430. The first-order valence-electron chi connectivity index (χ1n) is 10.6. The largest absolute Gasteiger partial charge is 0.497 e. The van der Waals surface area contributed by atoms with Gasteiger partial charge in [0.1, 0.15) is 5.75 Å². The van der Waals surface area contributed by atoms with Crippen molar-refractivity contribution in [3.63, 3.8) is 0 Å². The fraction of sp³-hybridized carbons (Fsp3) is 0.292. The average molecular weight is 431 g/mol. The molecule has 5 rings (SSSR count). The summed E-state index contributed by atoms with van der Waals surface area (Å²) < 4.78 is 9.99. The molecule has 8 heteroatoms. The zero-order valence-electron chi connectivity index (χ0n) is 18.4. The van der Waals surface area contributed by atoms with Gasteiger partial charge in [-0.1, -0.05) is 29.8 Å². The maximum atomic E-state index is 13.5. The Labute approximate surface area is 184 Å². The van der Waals surface area contributed by atoms with Crippen LogP contribution in [0.25, 0.3) is 11.2 Å². The van der Waals surface area contributed by atoms with Gasteiger partial charge in [-0.3, -0.25) is 13.9 Å². The third-order valence-electron chi connectivity index (χ3n) is 6.02. The van der Waals surface area contributed by atoms with E-state index in [2.05, 4.69) is 4.90 Å². The van der Waals surface area contributed by atoms with Crippen LogP contribution in [0.5, 0.6) is 5.75 Å². The fourth-order valence-electron chi connectivity index (χ4n) is 4.40. The van der Waals surface area contributed by atoms with Crippen LogP contribution in [0.15, 0.2) is 58.1 Å². The second-order valence-electron chi connectivity index (χ2n) is 8.16. The van der Waals surface area contributed by atoms with Crippen LogP contribution >= 0.6 is 0 Å². The molecule has 0 radical (unpaired) electrons. The predicted molar refractivity (Wildman–Crippen MR) is 124 cm³/mol. The molecule has 2 aromatic heterocycles. The van der Waals surface area contributed by atoms with E-state index in [9.17, 15) is 9.59 Å². The molecule has 0 atom stereocenters. The molecule has 0 aliphatic carbocycles. The second kappa shape index (κ2) is 7.71. The number of rotatable bonds is 4. The lowest BCUT2D eigenvalue weighted by atomic mass is 10.1. The maximum Gasteiger partial charge on any atom is 0.332 e. The first-order valence-corrected chi connectivity index (χ1v) is 10.6. The third-order valence-corrected chi connectivity index (χ3v) is 6.02. The van der Waals surface area contributed by atoms with Crippen LogP contribution in [0.4, 0.5) is 11.6 Å². The first kappa shape index (κ1) is 20.1. The average Bonchev–Trinajstić information content (AvgIpc) is 3.21. The Hall–Kier alpha value is -3.81. The Kier molecular flexibility index (Phi) is 4.84. The molecular weight excluding hydrogens is 406 g/mol. The summed E-state index contributed by atoms with van der Waals surface area (Å²) in [6.07, 6.45) is 0.866. The van der Waals surface area contributed by atoms with E-state index in [-0.39, 0.29) is 17.8 Å². The van der Waals surface area contributed by atoms with Gasteiger partial charge >= 0.3 is 5.69 Å². The minimum absolute atomic E-state index is 0.228. The molecule has 0 saturated carbocycles. The summed E-state index contributed by atoms with van der Waals surface area (Å²) in [7, 11) is 3.31. The lowest BCUT2D eigenvalue weighted by Gasteiger charge is -2.29. The SMILES string of the molecule is COc1ccc(N2CCCn3c2nc2c3c(=O)n(Cc3cccc(C)c3)c(=O)n2C)cc1. The molecule has 0 N–H and O–H groups in total. The van der Waals surface area contributed by atoms with Gasteiger partial charge in [0.05, 0.1) is 13.7 Å². The monoisotopic (exact) mass is 431 g/mol. The van der Waals surface area contributed by atoms with E-state index in [1.165, 1.54) is 9.13 Å². The molecule has 0 unspecified atom stereocenters. The van der Waals surface area contributed by atoms with Crippen LogP contribution in [0.2, 0.25) is 0 Å². The highest BCUT2D eigenvalue weighted by molar-refractivity contribution is 5.77. The zero-order chi connectivity index (χ0) is 22.4. The van der Waals surface area contributed by atoms with Gasteiger partial charge in [0, 0.05) is 25.8 Å². The molecule has 1 aliphatic heterocycles. The molecule has 4 aromatic rings. The van der Waals surface area contributed by atoms with Gasteiger partial charge in [-0.15, -0.1) is 0 Å². The van der Waals surface area contributed by atoms with E-state index in [4.69, 9.17) is 9.72 Å². The zero-order valence-corrected chi connectivity index (χ0v) is 18.4. The summed E-state index contributed by atoms with van der Waals surface area (Å²) in [4.78, 5) is 33.4. The van der Waals surface area contributed by atoms with Gasteiger partial charge in [-0.05, 0) is 43.2 Å². The number of imidazole rings is 1. The Morgan fingerprint density at radius 1 is 1.06 bits per heavy atom. The van der Waals surface area contributed by atoms with Crippen LogP contribution < -0.4 is 20.9 Å². The van der Waals surface area contributed by atoms with Crippen molar-refractivity contribution in [3.05, 3.63) is 80.5 Å². The molecule has 2 aromatic carbocycles. The number of hydrogen-bond donors (Lipinski definition) is 0. The summed E-state index contributed by atoms with van der Waals surface area (Å²) in [5.74, 6) is 1.46. The van der Waals surface area contributed by atoms with Crippen molar-refractivity contribution in [3.8, 4) is 5.75 Å². The van der Waals surface area contributed by atoms with E-state index >= 15 is 0 Å². The normalized spacial score (nSPS) is 13.4. The second-order valence-corrected chi connectivity index (χ2v) is 8.16. The number of methoxy groups -OCH3 is 1. The van der Waals surface area contributed by atoms with Crippen molar-refractivity contribution in [2.24, 2.45) is 7.05 Å². The highest BCUT2D eigenvalue weighted by Gasteiger charge is 2.27. The van der Waals surface area contributed by atoms with Crippen LogP contribution in [0.1, 0.15) is 17.5 Å². The minimum atomic E-state index is -0.365. The molecule has 164 valence electrons. The number of fused-ring (bicyclic) bond motifs is 3. The van der Waals surface area contributed by atoms with Crippen LogP contribution in [-0.2, 0) is 20.1 Å². The van der Waals surface area contributed by atoms with Crippen molar-refractivity contribution in [2.45, 2.75) is 26.4 Å². The Morgan fingerprint density at radius 2 is 1.84 bits per heavy atom. The first-order chi connectivity index (χ1) is 15.5. The van der Waals surface area contributed by atoms with Crippen molar-refractivity contribution in [2.75, 3.05) is 18.6 Å². The van der Waals surface area contributed by atoms with Gasteiger partial charge in [0.25, 0.3) is 5.56 Å². The maximum absolute atomic E-state index is 13.5. The summed E-state index contributed by atoms with van der Waals surface area (Å²) in [5.41, 5.74) is 3.18. The molecule has 0 spiro atoms. The van der Waals surface area contributed by atoms with E-state index in [0.717, 1.165) is 35.5 Å². The van der Waals surface area contributed by atoms with Gasteiger partial charge in [0.2, 0.25) is 5.95 Å². The van der Waals surface area contributed by atoms with Crippen molar-refractivity contribution >= 4 is 22.8 Å². The standard InChI is InChI=1S/C24H25N5O3/c1-16-6-4-7-17(14-16)15-29-22(30)20-21(26(2)24(29)31)25-23-27(12-5-13-28(20)23)18-8-10-19(32-3)11-9-18/h4,6-11,14H,5,12-13,15H2,1-3H3. The van der Waals surface area contributed by atoms with Crippen LogP contribution in [-0.4, -0.2) is 32.3 Å². The van der Waals surface area contributed by atoms with E-state index in [1.807, 2.05) is 60.0 Å². The van der Waals surface area contributed by atoms with Crippen molar-refractivity contribution in [1.29, 1.82) is 0 Å². The van der Waals surface area contributed by atoms with Gasteiger partial charge < -0.3 is 14.2 Å². The third kappa shape index (κ3) is 3.19. The fourth-order valence-corrected chi connectivity index (χ4v) is 4.40. The highest BCUT2D eigenvalue weighted by Crippen LogP contribution is 2.31. The predicted octanol–water partition coefficient (Wildman–Crippen LogP) is 2.80. The number of benzene rings is 2. The number of anilines is 2. The number of aryl methyl sites for hydroxylation is 3. The number of nitrogens with zero attached hydrogens (tertiary/aromatic N) is 5. The van der Waals surface area contributed by atoms with Gasteiger partial charge in [-0.25, -0.2) is 4.79 Å². The van der Waals surface area contributed by atoms with Crippen molar-refractivity contribution in [1.82, 2.24) is 18.7 Å². The lowest BCUT2D eigenvalue weighted by molar-refractivity contribution is 0.415. The molecule has 0 fully saturated rings. The van der Waals surface area contributed by atoms with Gasteiger partial charge in [-0.2, -0.15) is 4.98 Å².